The molecule has 2 aliphatic heterocycles. The largest absolute Gasteiger partial charge is 0.487 e. The number of nitrogens with one attached hydrogen (secondary N) is 1. The van der Waals surface area contributed by atoms with Gasteiger partial charge in [0, 0.05) is 26.1 Å². The smallest absolute Gasteiger partial charge is 0.414 e. The molecule has 29 heavy (non-hydrogen) atoms. The number of morpholine rings is 1. The number of anilines is 2. The number of aliphatic hydroxyl groups is 2. The van der Waals surface area contributed by atoms with Gasteiger partial charge in [0.15, 0.2) is 0 Å². The van der Waals surface area contributed by atoms with Crippen LogP contribution in [0, 0.1) is 5.82 Å². The zero-order chi connectivity index (χ0) is 21.4. The highest BCUT2D eigenvalue weighted by atomic mass is 32.1. The molecule has 12 heteroatoms. The van der Waals surface area contributed by atoms with Gasteiger partial charge in [-0.1, -0.05) is 0 Å². The molecule has 0 bridgehead atoms. The predicted octanol–water partition coefficient (Wildman–Crippen LogP) is 1.60. The molecule has 1 amide bonds. The number of hydrogen-bond donors (Lipinski definition) is 4. The number of nitrogens with zero attached hydrogens (tertiary/aromatic N) is 2. The third-order valence-electron chi connectivity index (χ3n) is 4.21. The lowest BCUT2D eigenvalue weighted by molar-refractivity contribution is 0.122. The lowest BCUT2D eigenvalue weighted by atomic mass is 10.2. The third kappa shape index (κ3) is 7.15. The Morgan fingerprint density at radius 2 is 1.97 bits per heavy atom. The number of amides is 1. The van der Waals surface area contributed by atoms with Crippen molar-refractivity contribution in [2.24, 2.45) is 5.73 Å². The summed E-state index contributed by atoms with van der Waals surface area (Å²) in [7, 11) is 0. The van der Waals surface area contributed by atoms with Crippen molar-refractivity contribution >= 4 is 52.3 Å². The highest BCUT2D eigenvalue weighted by molar-refractivity contribution is 7.80. The van der Waals surface area contributed by atoms with Gasteiger partial charge in [0.2, 0.25) is 0 Å². The van der Waals surface area contributed by atoms with Crippen molar-refractivity contribution in [1.82, 2.24) is 5.32 Å². The minimum absolute atomic E-state index is 0.290. The molecule has 1 aromatic rings. The van der Waals surface area contributed by atoms with E-state index in [9.17, 15) is 9.18 Å². The number of halogens is 1. The van der Waals surface area contributed by atoms with Gasteiger partial charge in [-0.2, -0.15) is 0 Å². The summed E-state index contributed by atoms with van der Waals surface area (Å²) >= 11 is 8.38. The van der Waals surface area contributed by atoms with Crippen LogP contribution < -0.4 is 20.9 Å². The van der Waals surface area contributed by atoms with Crippen molar-refractivity contribution in [2.75, 3.05) is 49.2 Å². The summed E-state index contributed by atoms with van der Waals surface area (Å²) < 4.78 is 25.0. The lowest BCUT2D eigenvalue weighted by Gasteiger charge is -2.29. The second-order valence-corrected chi connectivity index (χ2v) is 7.02. The quantitative estimate of drug-likeness (QED) is 0.496. The molecule has 3 rings (SSSR count). The van der Waals surface area contributed by atoms with Crippen molar-refractivity contribution < 1.29 is 28.9 Å². The molecule has 0 aliphatic carbocycles. The molecule has 0 saturated carbocycles. The number of hydrogen-bond acceptors (Lipinski definition) is 6. The monoisotopic (exact) mass is 446 g/mol. The van der Waals surface area contributed by atoms with Gasteiger partial charge in [0.05, 0.1) is 31.1 Å². The molecule has 2 aliphatic rings. The van der Waals surface area contributed by atoms with E-state index in [2.05, 4.69) is 35.5 Å². The molecule has 0 spiro atoms. The molecule has 1 atom stereocenters. The average molecular weight is 447 g/mol. The van der Waals surface area contributed by atoms with Crippen LogP contribution in [0.25, 0.3) is 0 Å². The molecular formula is C17H23FN4O5S2. The standard InChI is InChI=1S/C16H20FN3O4S.CH3NOS/c17-13-9-11(1-2-14(13)19-5-7-23-8-6-19)20-10-12(24-16(20)22)3-4-18-15(21)25;2-1(3)4/h1-2,9,12H,3-8,10H2,(H2,18,21,25);(H3,2,3,4). The highest BCUT2D eigenvalue weighted by Gasteiger charge is 2.32. The van der Waals surface area contributed by atoms with Crippen LogP contribution in [0.4, 0.5) is 20.6 Å². The van der Waals surface area contributed by atoms with Crippen LogP contribution >= 0.6 is 24.4 Å². The van der Waals surface area contributed by atoms with Gasteiger partial charge in [-0.3, -0.25) is 4.90 Å². The number of nitrogens with two attached hydrogens (primary N) is 1. The molecule has 2 heterocycles. The van der Waals surface area contributed by atoms with Crippen molar-refractivity contribution in [3.63, 3.8) is 0 Å². The van der Waals surface area contributed by atoms with Gasteiger partial charge in [0.25, 0.3) is 10.3 Å². The number of carbonyl (C=O) groups is 1. The SMILES string of the molecule is NC(O)=S.O=C1OC(CCNC(O)=S)CN1c1ccc(N2CCOCC2)c(F)c1. The predicted molar refractivity (Wildman–Crippen MR) is 114 cm³/mol. The molecule has 1 unspecified atom stereocenters. The Balaban J connectivity index is 0.000000687. The first-order valence-corrected chi connectivity index (χ1v) is 9.65. The first-order valence-electron chi connectivity index (χ1n) is 8.83. The zero-order valence-corrected chi connectivity index (χ0v) is 17.2. The van der Waals surface area contributed by atoms with E-state index in [1.54, 1.807) is 12.1 Å². The van der Waals surface area contributed by atoms with E-state index >= 15 is 0 Å². The van der Waals surface area contributed by atoms with Crippen molar-refractivity contribution in [3.05, 3.63) is 24.0 Å². The molecule has 0 radical (unpaired) electrons. The van der Waals surface area contributed by atoms with Crippen LogP contribution in [-0.4, -0.2) is 72.2 Å². The van der Waals surface area contributed by atoms with Crippen LogP contribution in [0.3, 0.4) is 0 Å². The maximum absolute atomic E-state index is 14.5. The third-order valence-corrected chi connectivity index (χ3v) is 4.36. The Morgan fingerprint density at radius 1 is 1.31 bits per heavy atom. The molecule has 160 valence electrons. The molecule has 0 aromatic heterocycles. The number of benzene rings is 1. The van der Waals surface area contributed by atoms with Crippen molar-refractivity contribution in [2.45, 2.75) is 12.5 Å². The number of aliphatic hydroxyl groups excluding tert-OH is 2. The Kier molecular flexibility index (Phi) is 8.61. The summed E-state index contributed by atoms with van der Waals surface area (Å²) in [6.07, 6.45) is -0.344. The zero-order valence-electron chi connectivity index (χ0n) is 15.5. The number of carbonyl (C=O) groups excluding carboxylic acids is 1. The summed E-state index contributed by atoms with van der Waals surface area (Å²) in [5.74, 6) is -0.372. The van der Waals surface area contributed by atoms with Gasteiger partial charge in [-0.25, -0.2) is 9.18 Å². The second kappa shape index (κ2) is 10.9. The molecule has 5 N–H and O–H groups in total. The van der Waals surface area contributed by atoms with E-state index in [0.717, 1.165) is 0 Å². The van der Waals surface area contributed by atoms with Gasteiger partial charge in [-0.15, -0.1) is 0 Å². The molecule has 2 saturated heterocycles. The summed E-state index contributed by atoms with van der Waals surface area (Å²) in [5, 5.41) is 18.3. The van der Waals surface area contributed by atoms with Gasteiger partial charge < -0.3 is 35.6 Å². The van der Waals surface area contributed by atoms with E-state index in [4.69, 9.17) is 19.7 Å². The Bertz CT molecular complexity index is 745. The number of cyclic esters (lactones) is 1. The van der Waals surface area contributed by atoms with Crippen molar-refractivity contribution in [1.29, 1.82) is 0 Å². The second-order valence-electron chi connectivity index (χ2n) is 6.21. The van der Waals surface area contributed by atoms with E-state index in [1.807, 2.05) is 4.90 Å². The Labute approximate surface area is 178 Å². The van der Waals surface area contributed by atoms with Crippen LogP contribution in [0.2, 0.25) is 0 Å². The summed E-state index contributed by atoms with van der Waals surface area (Å²) in [4.78, 5) is 15.4. The van der Waals surface area contributed by atoms with Crippen LogP contribution in [0.5, 0.6) is 0 Å². The Hall–Kier alpha value is -2.44. The first kappa shape index (κ1) is 22.8. The van der Waals surface area contributed by atoms with Crippen LogP contribution in [0.1, 0.15) is 6.42 Å². The topological polar surface area (TPSA) is 121 Å². The summed E-state index contributed by atoms with van der Waals surface area (Å²) in [5.41, 5.74) is 5.37. The fourth-order valence-electron chi connectivity index (χ4n) is 2.95. The maximum atomic E-state index is 14.5. The fourth-order valence-corrected chi connectivity index (χ4v) is 3.05. The minimum atomic E-state index is -0.505. The van der Waals surface area contributed by atoms with E-state index in [1.165, 1.54) is 11.0 Å². The molecular weight excluding hydrogens is 423 g/mol. The minimum Gasteiger partial charge on any atom is -0.487 e. The van der Waals surface area contributed by atoms with Crippen LogP contribution in [-0.2, 0) is 9.47 Å². The van der Waals surface area contributed by atoms with Gasteiger partial charge in [0.1, 0.15) is 11.9 Å². The molecule has 1 aromatic carbocycles. The van der Waals surface area contributed by atoms with E-state index in [0.29, 0.717) is 57.2 Å². The van der Waals surface area contributed by atoms with E-state index in [-0.39, 0.29) is 17.1 Å². The fraction of sp³-hybridized carbons (Fsp3) is 0.471. The number of rotatable bonds is 5. The van der Waals surface area contributed by atoms with E-state index < -0.39 is 11.3 Å². The highest BCUT2D eigenvalue weighted by Crippen LogP contribution is 2.28. The number of thiocarbonyl (C=S) groups is 2. The average Bonchev–Trinajstić information content (AvgIpc) is 3.02. The van der Waals surface area contributed by atoms with Gasteiger partial charge >= 0.3 is 6.09 Å². The van der Waals surface area contributed by atoms with Crippen LogP contribution in [0.15, 0.2) is 18.2 Å². The van der Waals surface area contributed by atoms with Crippen molar-refractivity contribution in [3.8, 4) is 0 Å². The first-order chi connectivity index (χ1) is 13.8. The Morgan fingerprint density at radius 3 is 2.55 bits per heavy atom. The normalized spacial score (nSPS) is 18.5. The lowest BCUT2D eigenvalue weighted by Crippen LogP contribution is -2.36. The summed E-state index contributed by atoms with van der Waals surface area (Å²) in [6.45, 7) is 3.16. The molecule has 2 fully saturated rings. The van der Waals surface area contributed by atoms with Gasteiger partial charge in [-0.05, 0) is 42.6 Å². The molecule has 9 nitrogen and oxygen atoms in total. The number of ether oxygens (including phenoxy) is 2. The summed E-state index contributed by atoms with van der Waals surface area (Å²) in [6, 6.07) is 4.76. The maximum Gasteiger partial charge on any atom is 0.414 e.